The third kappa shape index (κ3) is 4.70. The lowest BCUT2D eigenvalue weighted by atomic mass is 9.92. The Morgan fingerprint density at radius 1 is 1.31 bits per heavy atom. The van der Waals surface area contributed by atoms with E-state index >= 15 is 0 Å². The van der Waals surface area contributed by atoms with Crippen molar-refractivity contribution in [3.63, 3.8) is 0 Å². The predicted octanol–water partition coefficient (Wildman–Crippen LogP) is 4.45. The highest BCUT2D eigenvalue weighted by atomic mass is 16.5. The van der Waals surface area contributed by atoms with Crippen molar-refractivity contribution in [3.8, 4) is 0 Å². The minimum atomic E-state index is -0.776. The molecule has 2 N–H and O–H groups in total. The maximum absolute atomic E-state index is 11.4. The number of hydrogen-bond donors (Lipinski definition) is 2. The van der Waals surface area contributed by atoms with Gasteiger partial charge >= 0.3 is 5.97 Å². The summed E-state index contributed by atoms with van der Waals surface area (Å²) in [5.41, 5.74) is 3.86. The zero-order valence-electron chi connectivity index (χ0n) is 18.7. The molecular weight excluding hydrogens is 406 g/mol. The molecule has 0 bridgehead atoms. The molecule has 32 heavy (non-hydrogen) atoms. The van der Waals surface area contributed by atoms with Crippen LogP contribution in [0.5, 0.6) is 0 Å². The van der Waals surface area contributed by atoms with Crippen LogP contribution in [0.4, 0.5) is 17.2 Å². The van der Waals surface area contributed by atoms with Gasteiger partial charge in [0.25, 0.3) is 0 Å². The van der Waals surface area contributed by atoms with Gasteiger partial charge in [-0.15, -0.1) is 0 Å². The fourth-order valence-electron chi connectivity index (χ4n) is 4.56. The van der Waals surface area contributed by atoms with Gasteiger partial charge in [-0.2, -0.15) is 0 Å². The monoisotopic (exact) mass is 437 g/mol. The van der Waals surface area contributed by atoms with Gasteiger partial charge in [0, 0.05) is 38.2 Å². The highest BCUT2D eigenvalue weighted by Crippen LogP contribution is 2.36. The number of fused-ring (bicyclic) bond motifs is 1. The molecule has 1 atom stereocenters. The smallest absolute Gasteiger partial charge is 0.303 e. The molecule has 8 heteroatoms. The summed E-state index contributed by atoms with van der Waals surface area (Å²) < 4.78 is 7.54. The van der Waals surface area contributed by atoms with Crippen molar-refractivity contribution in [1.29, 1.82) is 0 Å². The molecule has 0 spiro atoms. The van der Waals surface area contributed by atoms with Crippen LogP contribution in [-0.2, 0) is 9.53 Å². The second-order valence-corrected chi connectivity index (χ2v) is 8.18. The van der Waals surface area contributed by atoms with Gasteiger partial charge in [-0.05, 0) is 49.8 Å². The summed E-state index contributed by atoms with van der Waals surface area (Å²) in [7, 11) is 0. The fraction of sp³-hybridized carbons (Fsp3) is 0.458. The molecule has 4 rings (SSSR count). The number of imidazole rings is 1. The molecule has 0 saturated carbocycles. The molecule has 1 aliphatic heterocycles. The molecule has 170 valence electrons. The van der Waals surface area contributed by atoms with E-state index in [9.17, 15) is 9.90 Å². The Morgan fingerprint density at radius 2 is 2.12 bits per heavy atom. The molecule has 8 nitrogen and oxygen atoms in total. The van der Waals surface area contributed by atoms with Crippen LogP contribution in [0.2, 0.25) is 0 Å². The average molecular weight is 438 g/mol. The summed E-state index contributed by atoms with van der Waals surface area (Å²) >= 11 is 0. The molecule has 1 fully saturated rings. The van der Waals surface area contributed by atoms with Gasteiger partial charge in [0.1, 0.15) is 5.82 Å². The summed E-state index contributed by atoms with van der Waals surface area (Å²) in [5.74, 6) is 0.0314. The lowest BCUT2D eigenvalue weighted by Gasteiger charge is -2.36. The number of nitrogens with one attached hydrogen (secondary N) is 1. The van der Waals surface area contributed by atoms with E-state index in [0.29, 0.717) is 6.04 Å². The van der Waals surface area contributed by atoms with Gasteiger partial charge in [0.2, 0.25) is 0 Å². The first-order chi connectivity index (χ1) is 15.6. The fourth-order valence-corrected chi connectivity index (χ4v) is 4.56. The van der Waals surface area contributed by atoms with E-state index in [1.54, 1.807) is 18.6 Å². The van der Waals surface area contributed by atoms with Gasteiger partial charge in [-0.1, -0.05) is 13.0 Å². The molecule has 0 amide bonds. The van der Waals surface area contributed by atoms with Crippen LogP contribution in [-0.4, -0.2) is 51.2 Å². The number of rotatable bonds is 9. The first-order valence-electron chi connectivity index (χ1n) is 11.3. The van der Waals surface area contributed by atoms with Crippen LogP contribution < -0.4 is 10.2 Å². The van der Waals surface area contributed by atoms with Crippen LogP contribution in [0, 0.1) is 0 Å². The molecular formula is C24H31N5O3. The average Bonchev–Trinajstić information content (AvgIpc) is 3.22. The molecule has 0 aliphatic carbocycles. The van der Waals surface area contributed by atoms with Gasteiger partial charge in [0.15, 0.2) is 5.65 Å². The number of carbonyl (C=O) groups is 1. The molecule has 1 unspecified atom stereocenters. The third-order valence-corrected chi connectivity index (χ3v) is 6.27. The Bertz CT molecular complexity index is 1060. The zero-order chi connectivity index (χ0) is 22.5. The van der Waals surface area contributed by atoms with Crippen molar-refractivity contribution in [2.75, 3.05) is 30.0 Å². The minimum absolute atomic E-state index is 0.0355. The van der Waals surface area contributed by atoms with E-state index in [1.165, 1.54) is 0 Å². The highest BCUT2D eigenvalue weighted by Gasteiger charge is 2.24. The van der Waals surface area contributed by atoms with Crippen molar-refractivity contribution < 1.29 is 14.6 Å². The number of anilines is 3. The van der Waals surface area contributed by atoms with Crippen LogP contribution in [0.15, 0.2) is 43.0 Å². The van der Waals surface area contributed by atoms with Crippen molar-refractivity contribution in [3.05, 3.63) is 48.5 Å². The molecule has 0 radical (unpaired) electrons. The normalized spacial score (nSPS) is 15.6. The number of aromatic nitrogens is 3. The zero-order valence-corrected chi connectivity index (χ0v) is 18.7. The maximum Gasteiger partial charge on any atom is 0.303 e. The maximum atomic E-state index is 11.4. The van der Waals surface area contributed by atoms with Crippen LogP contribution in [0.25, 0.3) is 5.65 Å². The minimum Gasteiger partial charge on any atom is -0.481 e. The Kier molecular flexibility index (Phi) is 6.90. The summed E-state index contributed by atoms with van der Waals surface area (Å²) in [6, 6.07) is 6.73. The molecule has 3 aromatic rings. The topological polar surface area (TPSA) is 92.0 Å². The van der Waals surface area contributed by atoms with Crippen LogP contribution in [0.3, 0.4) is 0 Å². The predicted molar refractivity (Wildman–Crippen MR) is 125 cm³/mol. The van der Waals surface area contributed by atoms with Crippen molar-refractivity contribution >= 4 is 28.8 Å². The standard InChI is InChI=1S/C24H31N5O3/c1-3-17(14-24(30)31)18-5-6-21(28(4-2)19-7-11-32-12-8-19)20(13-18)27-23-16-26-22-15-25-9-10-29(22)23/h5-6,9-10,13,15-17,19,27H,3-4,7-8,11-12,14H2,1-2H3,(H,30,31). The van der Waals surface area contributed by atoms with Crippen molar-refractivity contribution in [2.45, 2.75) is 51.5 Å². The summed E-state index contributed by atoms with van der Waals surface area (Å²) in [4.78, 5) is 22.4. The SMILES string of the molecule is CCC(CC(=O)O)c1ccc(N(CC)C2CCOCC2)c(Nc2cnc3cnccn23)c1. The Labute approximate surface area is 188 Å². The van der Waals surface area contributed by atoms with Crippen LogP contribution >= 0.6 is 0 Å². The first-order valence-corrected chi connectivity index (χ1v) is 11.3. The number of hydrogen-bond acceptors (Lipinski definition) is 6. The lowest BCUT2D eigenvalue weighted by molar-refractivity contribution is -0.137. The second-order valence-electron chi connectivity index (χ2n) is 8.18. The van der Waals surface area contributed by atoms with Crippen molar-refractivity contribution in [1.82, 2.24) is 14.4 Å². The molecule has 1 aromatic carbocycles. The number of carboxylic acid groups (broad SMARTS) is 1. The summed E-state index contributed by atoms with van der Waals surface area (Å²) in [6.45, 7) is 6.64. The van der Waals surface area contributed by atoms with E-state index in [-0.39, 0.29) is 12.3 Å². The first kappa shape index (κ1) is 22.1. The van der Waals surface area contributed by atoms with E-state index in [1.807, 2.05) is 17.5 Å². The van der Waals surface area contributed by atoms with Gasteiger partial charge < -0.3 is 20.1 Å². The van der Waals surface area contributed by atoms with Crippen molar-refractivity contribution in [2.24, 2.45) is 0 Å². The van der Waals surface area contributed by atoms with Crippen LogP contribution in [0.1, 0.15) is 51.0 Å². The van der Waals surface area contributed by atoms with E-state index < -0.39 is 5.97 Å². The highest BCUT2D eigenvalue weighted by molar-refractivity contribution is 5.77. The number of nitrogens with zero attached hydrogens (tertiary/aromatic N) is 4. The molecule has 1 saturated heterocycles. The Balaban J connectivity index is 1.75. The number of aliphatic carboxylic acids is 1. The molecule has 2 aromatic heterocycles. The summed E-state index contributed by atoms with van der Waals surface area (Å²) in [6.07, 6.45) is 10.0. The number of ether oxygens (including phenoxy) is 1. The summed E-state index contributed by atoms with van der Waals surface area (Å²) in [5, 5.41) is 12.9. The van der Waals surface area contributed by atoms with Gasteiger partial charge in [-0.3, -0.25) is 14.2 Å². The van der Waals surface area contributed by atoms with Gasteiger partial charge in [0.05, 0.1) is 30.2 Å². The molecule has 1 aliphatic rings. The third-order valence-electron chi connectivity index (χ3n) is 6.27. The Morgan fingerprint density at radius 3 is 2.84 bits per heavy atom. The Hall–Kier alpha value is -3.13. The van der Waals surface area contributed by atoms with E-state index in [2.05, 4.69) is 45.3 Å². The second kappa shape index (κ2) is 9.99. The molecule has 3 heterocycles. The lowest BCUT2D eigenvalue weighted by Crippen LogP contribution is -2.39. The largest absolute Gasteiger partial charge is 0.481 e. The van der Waals surface area contributed by atoms with E-state index in [0.717, 1.165) is 67.4 Å². The number of benzene rings is 1. The quantitative estimate of drug-likeness (QED) is 0.511. The number of carboxylic acids is 1. The van der Waals surface area contributed by atoms with Gasteiger partial charge in [-0.25, -0.2) is 4.98 Å². The van der Waals surface area contributed by atoms with E-state index in [4.69, 9.17) is 4.74 Å².